The van der Waals surface area contributed by atoms with Gasteiger partial charge in [0.1, 0.15) is 0 Å². The molecule has 2 amide bonds. The number of carbonyl (C=O) groups is 1. The summed E-state index contributed by atoms with van der Waals surface area (Å²) in [5, 5.41) is 3.28. The van der Waals surface area contributed by atoms with Gasteiger partial charge in [0, 0.05) is 18.3 Å². The van der Waals surface area contributed by atoms with Crippen LogP contribution in [0.4, 0.5) is 4.79 Å². The van der Waals surface area contributed by atoms with Crippen molar-refractivity contribution in [3.8, 4) is 0 Å². The fourth-order valence-corrected chi connectivity index (χ4v) is 2.44. The molecule has 2 aromatic rings. The lowest BCUT2D eigenvalue weighted by atomic mass is 10.2. The zero-order valence-electron chi connectivity index (χ0n) is 8.43. The number of hydrogen-bond acceptors (Lipinski definition) is 2. The second-order valence-electron chi connectivity index (χ2n) is 3.45. The molecule has 0 aliphatic rings. The van der Waals surface area contributed by atoms with Crippen LogP contribution in [0.2, 0.25) is 0 Å². The van der Waals surface area contributed by atoms with Gasteiger partial charge in [-0.15, -0.1) is 11.3 Å². The molecule has 4 heteroatoms. The maximum Gasteiger partial charge on any atom is 0.314 e. The van der Waals surface area contributed by atoms with Crippen LogP contribution >= 0.6 is 11.3 Å². The third-order valence-corrected chi connectivity index (χ3v) is 3.36. The Labute approximate surface area is 92.1 Å². The molecular formula is C11H12N2OS. The fourth-order valence-electron chi connectivity index (χ4n) is 1.49. The number of carbonyl (C=O) groups excluding carboxylic acids is 1. The third-order valence-electron chi connectivity index (χ3n) is 2.34. The topological polar surface area (TPSA) is 46.3 Å². The lowest BCUT2D eigenvalue weighted by molar-refractivity contribution is 0.217. The first kappa shape index (κ1) is 9.98. The third kappa shape index (κ3) is 1.94. The number of nitrogens with two attached hydrogens (primary N) is 1. The van der Waals surface area contributed by atoms with E-state index in [0.29, 0.717) is 6.54 Å². The lowest BCUT2D eigenvalue weighted by Gasteiger charge is -2.13. The Morgan fingerprint density at radius 3 is 2.93 bits per heavy atom. The maximum absolute atomic E-state index is 10.9. The van der Waals surface area contributed by atoms with Crippen molar-refractivity contribution >= 4 is 27.5 Å². The summed E-state index contributed by atoms with van der Waals surface area (Å²) in [6.45, 7) is 0.569. The molecule has 2 N–H and O–H groups in total. The molecule has 0 aliphatic heterocycles. The Balaban J connectivity index is 2.32. The van der Waals surface area contributed by atoms with E-state index in [2.05, 4.69) is 17.5 Å². The van der Waals surface area contributed by atoms with Crippen molar-refractivity contribution in [3.05, 3.63) is 35.2 Å². The number of fused-ring (bicyclic) bond motifs is 1. The molecule has 2 rings (SSSR count). The molecule has 0 saturated heterocycles. The van der Waals surface area contributed by atoms with Crippen LogP contribution < -0.4 is 5.73 Å². The van der Waals surface area contributed by atoms with Crippen molar-refractivity contribution < 1.29 is 4.79 Å². The number of nitrogens with zero attached hydrogens (tertiary/aromatic N) is 1. The van der Waals surface area contributed by atoms with E-state index < -0.39 is 6.03 Å². The van der Waals surface area contributed by atoms with Crippen molar-refractivity contribution in [2.24, 2.45) is 5.73 Å². The second kappa shape index (κ2) is 3.90. The van der Waals surface area contributed by atoms with Gasteiger partial charge in [-0.2, -0.15) is 0 Å². The standard InChI is InChI=1S/C11H12N2OS/c1-13(11(12)14)6-8-7-15-10-5-3-2-4-9(8)10/h2-5,7H,6H2,1H3,(H2,12,14). The smallest absolute Gasteiger partial charge is 0.314 e. The van der Waals surface area contributed by atoms with Gasteiger partial charge in [-0.25, -0.2) is 4.79 Å². The monoisotopic (exact) mass is 220 g/mol. The van der Waals surface area contributed by atoms with Gasteiger partial charge in [-0.1, -0.05) is 18.2 Å². The summed E-state index contributed by atoms with van der Waals surface area (Å²) in [4.78, 5) is 12.4. The number of amides is 2. The molecule has 0 unspecified atom stereocenters. The molecule has 0 bridgehead atoms. The Bertz CT molecular complexity index is 492. The van der Waals surface area contributed by atoms with Gasteiger partial charge >= 0.3 is 6.03 Å². The normalized spacial score (nSPS) is 10.5. The van der Waals surface area contributed by atoms with E-state index >= 15 is 0 Å². The highest BCUT2D eigenvalue weighted by Gasteiger charge is 2.08. The molecule has 78 valence electrons. The van der Waals surface area contributed by atoms with Gasteiger partial charge in [0.2, 0.25) is 0 Å². The molecule has 1 aromatic carbocycles. The Hall–Kier alpha value is -1.55. The van der Waals surface area contributed by atoms with E-state index in [4.69, 9.17) is 5.73 Å². The quantitative estimate of drug-likeness (QED) is 0.830. The highest BCUT2D eigenvalue weighted by molar-refractivity contribution is 7.17. The summed E-state index contributed by atoms with van der Waals surface area (Å²) in [5.74, 6) is 0. The summed E-state index contributed by atoms with van der Waals surface area (Å²) in [6.07, 6.45) is 0. The predicted octanol–water partition coefficient (Wildman–Crippen LogP) is 2.41. The lowest BCUT2D eigenvalue weighted by Crippen LogP contribution is -2.31. The first-order valence-electron chi connectivity index (χ1n) is 4.64. The SMILES string of the molecule is CN(Cc1csc2ccccc12)C(N)=O. The molecule has 1 heterocycles. The number of thiophene rings is 1. The number of rotatable bonds is 2. The van der Waals surface area contributed by atoms with E-state index in [1.54, 1.807) is 18.4 Å². The molecule has 1 aromatic heterocycles. The van der Waals surface area contributed by atoms with Crippen molar-refractivity contribution in [2.45, 2.75) is 6.54 Å². The van der Waals surface area contributed by atoms with Crippen molar-refractivity contribution in [1.82, 2.24) is 4.90 Å². The van der Waals surface area contributed by atoms with Crippen molar-refractivity contribution in [1.29, 1.82) is 0 Å². The van der Waals surface area contributed by atoms with E-state index in [9.17, 15) is 4.79 Å². The first-order valence-corrected chi connectivity index (χ1v) is 5.52. The zero-order chi connectivity index (χ0) is 10.8. The number of benzene rings is 1. The van der Waals surface area contributed by atoms with Crippen molar-refractivity contribution in [3.63, 3.8) is 0 Å². The van der Waals surface area contributed by atoms with Gasteiger partial charge in [-0.05, 0) is 22.4 Å². The summed E-state index contributed by atoms with van der Waals surface area (Å²) < 4.78 is 1.24. The van der Waals surface area contributed by atoms with Crippen LogP contribution in [-0.2, 0) is 6.54 Å². The minimum absolute atomic E-state index is 0.398. The minimum Gasteiger partial charge on any atom is -0.351 e. The summed E-state index contributed by atoms with van der Waals surface area (Å²) in [7, 11) is 1.70. The highest BCUT2D eigenvalue weighted by Crippen LogP contribution is 2.26. The zero-order valence-corrected chi connectivity index (χ0v) is 9.25. The molecule has 15 heavy (non-hydrogen) atoms. The average molecular weight is 220 g/mol. The molecule has 0 saturated carbocycles. The summed E-state index contributed by atoms with van der Waals surface area (Å²) in [6, 6.07) is 7.76. The number of primary amides is 1. The Morgan fingerprint density at radius 2 is 2.20 bits per heavy atom. The van der Waals surface area contributed by atoms with Crippen molar-refractivity contribution in [2.75, 3.05) is 7.05 Å². The molecule has 0 spiro atoms. The number of urea groups is 1. The van der Waals surface area contributed by atoms with Gasteiger partial charge < -0.3 is 10.6 Å². The molecule has 0 atom stereocenters. The molecule has 0 radical (unpaired) electrons. The van der Waals surface area contributed by atoms with E-state index in [1.807, 2.05) is 12.1 Å². The van der Waals surface area contributed by atoms with Crippen LogP contribution in [0.5, 0.6) is 0 Å². The van der Waals surface area contributed by atoms with Crippen LogP contribution in [0.3, 0.4) is 0 Å². The summed E-state index contributed by atoms with van der Waals surface area (Å²) in [5.41, 5.74) is 6.34. The minimum atomic E-state index is -0.398. The van der Waals surface area contributed by atoms with Crippen LogP contribution in [0.15, 0.2) is 29.6 Å². The van der Waals surface area contributed by atoms with E-state index in [0.717, 1.165) is 5.56 Å². The molecule has 3 nitrogen and oxygen atoms in total. The van der Waals surface area contributed by atoms with Gasteiger partial charge in [0.15, 0.2) is 0 Å². The van der Waals surface area contributed by atoms with Crippen LogP contribution in [-0.4, -0.2) is 18.0 Å². The number of hydrogen-bond donors (Lipinski definition) is 1. The van der Waals surface area contributed by atoms with Crippen LogP contribution in [0.25, 0.3) is 10.1 Å². The Morgan fingerprint density at radius 1 is 1.47 bits per heavy atom. The maximum atomic E-state index is 10.9. The Kier molecular flexibility index (Phi) is 2.60. The fraction of sp³-hybridized carbons (Fsp3) is 0.182. The molecular weight excluding hydrogens is 208 g/mol. The second-order valence-corrected chi connectivity index (χ2v) is 4.36. The van der Waals surface area contributed by atoms with Gasteiger partial charge in [-0.3, -0.25) is 0 Å². The highest BCUT2D eigenvalue weighted by atomic mass is 32.1. The average Bonchev–Trinajstić information content (AvgIpc) is 2.62. The van der Waals surface area contributed by atoms with Crippen LogP contribution in [0.1, 0.15) is 5.56 Å². The van der Waals surface area contributed by atoms with Gasteiger partial charge in [0.25, 0.3) is 0 Å². The summed E-state index contributed by atoms with van der Waals surface area (Å²) >= 11 is 1.69. The predicted molar refractivity (Wildman–Crippen MR) is 62.9 cm³/mol. The largest absolute Gasteiger partial charge is 0.351 e. The van der Waals surface area contributed by atoms with E-state index in [-0.39, 0.29) is 0 Å². The molecule has 0 aliphatic carbocycles. The molecule has 0 fully saturated rings. The van der Waals surface area contributed by atoms with Crippen LogP contribution in [0, 0.1) is 0 Å². The van der Waals surface area contributed by atoms with Gasteiger partial charge in [0.05, 0.1) is 0 Å². The van der Waals surface area contributed by atoms with E-state index in [1.165, 1.54) is 15.0 Å². The first-order chi connectivity index (χ1) is 7.18.